The molecule has 3 rings (SSSR count). The Morgan fingerprint density at radius 1 is 1.17 bits per heavy atom. The van der Waals surface area contributed by atoms with Crippen LogP contribution in [0.15, 0.2) is 30.3 Å². The van der Waals surface area contributed by atoms with E-state index in [2.05, 4.69) is 52.0 Å². The lowest BCUT2D eigenvalue weighted by Crippen LogP contribution is -2.95. The number of carbonyl (C=O) groups is 1. The normalized spacial score (nSPS) is 34.0. The Bertz CT molecular complexity index is 556. The minimum absolute atomic E-state index is 0.0255. The van der Waals surface area contributed by atoms with Crippen molar-refractivity contribution < 1.29 is 14.4 Å². The molecule has 1 heterocycles. The molecule has 1 aliphatic carbocycles. The van der Waals surface area contributed by atoms with Gasteiger partial charge in [0.05, 0.1) is 0 Å². The first kappa shape index (κ1) is 17.5. The van der Waals surface area contributed by atoms with Crippen LogP contribution in [-0.4, -0.2) is 24.7 Å². The van der Waals surface area contributed by atoms with E-state index in [9.17, 15) is 4.79 Å². The zero-order chi connectivity index (χ0) is 17.3. The molecule has 24 heavy (non-hydrogen) atoms. The summed E-state index contributed by atoms with van der Waals surface area (Å²) in [5.41, 5.74) is 1.30. The first-order chi connectivity index (χ1) is 11.5. The van der Waals surface area contributed by atoms with E-state index in [1.54, 1.807) is 0 Å². The third-order valence-electron chi connectivity index (χ3n) is 6.10. The van der Waals surface area contributed by atoms with Crippen LogP contribution in [0.5, 0.6) is 0 Å². The van der Waals surface area contributed by atoms with E-state index in [4.69, 9.17) is 4.74 Å². The molecular formula is C21H32NO2+. The Morgan fingerprint density at radius 2 is 1.88 bits per heavy atom. The van der Waals surface area contributed by atoms with Crippen molar-refractivity contribution in [2.75, 3.05) is 6.54 Å². The molecule has 0 amide bonds. The highest BCUT2D eigenvalue weighted by Crippen LogP contribution is 2.35. The third-order valence-corrected chi connectivity index (χ3v) is 6.10. The number of esters is 1. The van der Waals surface area contributed by atoms with E-state index in [1.807, 2.05) is 6.07 Å². The minimum atomic E-state index is 0.0255. The zero-order valence-corrected chi connectivity index (χ0v) is 15.5. The van der Waals surface area contributed by atoms with Crippen molar-refractivity contribution in [2.45, 2.75) is 65.1 Å². The average molecular weight is 330 g/mol. The Kier molecular flexibility index (Phi) is 5.29. The van der Waals surface area contributed by atoms with Gasteiger partial charge in [0.2, 0.25) is 6.04 Å². The summed E-state index contributed by atoms with van der Waals surface area (Å²) in [4.78, 5) is 14.0. The van der Waals surface area contributed by atoms with Crippen LogP contribution in [-0.2, 0) is 9.53 Å². The predicted octanol–water partition coefficient (Wildman–Crippen LogP) is 3.02. The van der Waals surface area contributed by atoms with Gasteiger partial charge in [0.25, 0.3) is 0 Å². The summed E-state index contributed by atoms with van der Waals surface area (Å²) in [6.45, 7) is 9.91. The number of ether oxygens (including phenoxy) is 1. The maximum absolute atomic E-state index is 12.7. The number of hydrogen-bond acceptors (Lipinski definition) is 2. The van der Waals surface area contributed by atoms with Gasteiger partial charge in [-0.15, -0.1) is 0 Å². The number of hydrogen-bond donors (Lipinski definition) is 1. The van der Waals surface area contributed by atoms with Gasteiger partial charge in [-0.3, -0.25) is 0 Å². The summed E-state index contributed by atoms with van der Waals surface area (Å²) in [7, 11) is 0. The standard InChI is InChI=1S/C21H31NO2/c1-14(2)18-11-10-15(3)12-20(18)24-21(23)19-13-22(19)16(4)17-8-6-5-7-9-17/h5-9,14-16,18-20H,10-13H2,1-4H3/p+1/t15-,16-,18+,19+,20-,22?/m1/s1. The van der Waals surface area contributed by atoms with Crippen LogP contribution in [0.2, 0.25) is 0 Å². The van der Waals surface area contributed by atoms with Crippen LogP contribution in [0, 0.1) is 17.8 Å². The molecule has 0 spiro atoms. The van der Waals surface area contributed by atoms with Gasteiger partial charge in [-0.2, -0.15) is 0 Å². The Morgan fingerprint density at radius 3 is 2.54 bits per heavy atom. The van der Waals surface area contributed by atoms with Crippen molar-refractivity contribution in [3.8, 4) is 0 Å². The molecule has 1 aromatic carbocycles. The van der Waals surface area contributed by atoms with Gasteiger partial charge in [0, 0.05) is 5.56 Å². The first-order valence-electron chi connectivity index (χ1n) is 9.58. The number of carbonyl (C=O) groups excluding carboxylic acids is 1. The van der Waals surface area contributed by atoms with E-state index >= 15 is 0 Å². The molecule has 132 valence electrons. The zero-order valence-electron chi connectivity index (χ0n) is 15.5. The summed E-state index contributed by atoms with van der Waals surface area (Å²) >= 11 is 0. The molecule has 2 fully saturated rings. The van der Waals surface area contributed by atoms with Gasteiger partial charge in [0.1, 0.15) is 18.7 Å². The van der Waals surface area contributed by atoms with Crippen molar-refractivity contribution in [1.82, 2.24) is 0 Å². The number of rotatable bonds is 5. The van der Waals surface area contributed by atoms with Crippen LogP contribution >= 0.6 is 0 Å². The van der Waals surface area contributed by atoms with Crippen LogP contribution in [0.3, 0.4) is 0 Å². The van der Waals surface area contributed by atoms with Gasteiger partial charge >= 0.3 is 5.97 Å². The summed E-state index contributed by atoms with van der Waals surface area (Å²) in [6, 6.07) is 10.9. The van der Waals surface area contributed by atoms with Crippen LogP contribution in [0.4, 0.5) is 0 Å². The average Bonchev–Trinajstić information content (AvgIpc) is 3.35. The molecule has 1 saturated heterocycles. The quantitative estimate of drug-likeness (QED) is 0.664. The molecule has 1 aromatic rings. The topological polar surface area (TPSA) is 30.7 Å². The highest BCUT2D eigenvalue weighted by Gasteiger charge is 2.52. The highest BCUT2D eigenvalue weighted by atomic mass is 16.5. The Balaban J connectivity index is 1.57. The van der Waals surface area contributed by atoms with E-state index in [0.29, 0.717) is 23.8 Å². The molecule has 0 radical (unpaired) electrons. The summed E-state index contributed by atoms with van der Waals surface area (Å²) < 4.78 is 6.02. The SMILES string of the molecule is CC(C)[C@@H]1CC[C@@H](C)C[C@H]1OC(=O)[C@@H]1C[NH+]1[C@H](C)c1ccccc1. The lowest BCUT2D eigenvalue weighted by Gasteiger charge is -2.36. The second kappa shape index (κ2) is 7.26. The summed E-state index contributed by atoms with van der Waals surface area (Å²) in [5, 5.41) is 0. The molecular weight excluding hydrogens is 298 g/mol. The van der Waals surface area contributed by atoms with Gasteiger partial charge in [-0.1, -0.05) is 57.5 Å². The van der Waals surface area contributed by atoms with Gasteiger partial charge < -0.3 is 9.64 Å². The second-order valence-electron chi connectivity index (χ2n) is 8.27. The van der Waals surface area contributed by atoms with E-state index in [1.165, 1.54) is 23.3 Å². The van der Waals surface area contributed by atoms with Crippen molar-refractivity contribution in [2.24, 2.45) is 17.8 Å². The monoisotopic (exact) mass is 330 g/mol. The number of quaternary nitrogens is 1. The van der Waals surface area contributed by atoms with Crippen LogP contribution < -0.4 is 4.90 Å². The maximum atomic E-state index is 12.7. The van der Waals surface area contributed by atoms with Crippen molar-refractivity contribution >= 4 is 5.97 Å². The van der Waals surface area contributed by atoms with E-state index < -0.39 is 0 Å². The largest absolute Gasteiger partial charge is 0.457 e. The molecule has 1 unspecified atom stereocenters. The number of nitrogens with one attached hydrogen (secondary N) is 1. The van der Waals surface area contributed by atoms with Crippen LogP contribution in [0.1, 0.15) is 58.6 Å². The molecule has 1 aliphatic heterocycles. The van der Waals surface area contributed by atoms with Crippen molar-refractivity contribution in [1.29, 1.82) is 0 Å². The molecule has 3 heteroatoms. The lowest BCUT2D eigenvalue weighted by atomic mass is 9.75. The van der Waals surface area contributed by atoms with E-state index in [0.717, 1.165) is 13.0 Å². The Labute approximate surface area is 146 Å². The molecule has 0 bridgehead atoms. The fourth-order valence-corrected chi connectivity index (χ4v) is 4.33. The van der Waals surface area contributed by atoms with Crippen molar-refractivity contribution in [3.63, 3.8) is 0 Å². The molecule has 1 N–H and O–H groups in total. The molecule has 3 nitrogen and oxygen atoms in total. The second-order valence-corrected chi connectivity index (χ2v) is 8.27. The highest BCUT2D eigenvalue weighted by molar-refractivity contribution is 5.76. The molecule has 0 aromatic heterocycles. The number of benzene rings is 1. The summed E-state index contributed by atoms with van der Waals surface area (Å²) in [6.07, 6.45) is 3.61. The third kappa shape index (κ3) is 3.83. The molecule has 6 atom stereocenters. The fraction of sp³-hybridized carbons (Fsp3) is 0.667. The lowest BCUT2D eigenvalue weighted by molar-refractivity contribution is -0.804. The smallest absolute Gasteiger partial charge is 0.371 e. The summed E-state index contributed by atoms with van der Waals surface area (Å²) in [5.74, 6) is 1.81. The van der Waals surface area contributed by atoms with Gasteiger partial charge in [-0.25, -0.2) is 4.79 Å². The van der Waals surface area contributed by atoms with E-state index in [-0.39, 0.29) is 18.1 Å². The van der Waals surface area contributed by atoms with Crippen LogP contribution in [0.25, 0.3) is 0 Å². The minimum Gasteiger partial charge on any atom is -0.457 e. The fourth-order valence-electron chi connectivity index (χ4n) is 4.33. The van der Waals surface area contributed by atoms with Gasteiger partial charge in [-0.05, 0) is 37.5 Å². The van der Waals surface area contributed by atoms with Gasteiger partial charge in [0.15, 0.2) is 0 Å². The molecule has 2 aliphatic rings. The maximum Gasteiger partial charge on any atom is 0.371 e. The predicted molar refractivity (Wildman–Crippen MR) is 95.7 cm³/mol. The molecule has 1 saturated carbocycles. The van der Waals surface area contributed by atoms with Crippen molar-refractivity contribution in [3.05, 3.63) is 35.9 Å². The first-order valence-corrected chi connectivity index (χ1v) is 9.58. The Hall–Kier alpha value is -1.35.